The second-order valence-electron chi connectivity index (χ2n) is 6.09. The highest BCUT2D eigenvalue weighted by molar-refractivity contribution is 6.10. The zero-order chi connectivity index (χ0) is 17.4. The van der Waals surface area contributed by atoms with Crippen LogP contribution in [0.25, 0.3) is 0 Å². The van der Waals surface area contributed by atoms with Crippen molar-refractivity contribution in [1.82, 2.24) is 0 Å². The largest absolute Gasteiger partial charge is 0.507 e. The van der Waals surface area contributed by atoms with E-state index in [1.165, 1.54) is 0 Å². The number of rotatable bonds is 9. The third kappa shape index (κ3) is 4.60. The van der Waals surface area contributed by atoms with Crippen LogP contribution < -0.4 is 4.90 Å². The standard InChI is InChI=1S/C21H27NO2/c1-3-5-14-22(15-6-4-2)18-12-13-19(20(23)16-18)21(24)17-10-8-7-9-11-17/h7-13,16,23H,3-6,14-15H2,1-2H3. The summed E-state index contributed by atoms with van der Waals surface area (Å²) in [7, 11) is 0. The highest BCUT2D eigenvalue weighted by Crippen LogP contribution is 2.27. The Bertz CT molecular complexity index is 644. The summed E-state index contributed by atoms with van der Waals surface area (Å²) in [5, 5.41) is 10.4. The van der Waals surface area contributed by atoms with E-state index >= 15 is 0 Å². The Morgan fingerprint density at radius 3 is 2.12 bits per heavy atom. The molecule has 3 heteroatoms. The van der Waals surface area contributed by atoms with Crippen molar-refractivity contribution in [3.8, 4) is 5.75 Å². The molecular formula is C21H27NO2. The maximum Gasteiger partial charge on any atom is 0.196 e. The van der Waals surface area contributed by atoms with Crippen molar-refractivity contribution in [2.45, 2.75) is 39.5 Å². The van der Waals surface area contributed by atoms with Gasteiger partial charge in [0.05, 0.1) is 5.56 Å². The molecule has 0 atom stereocenters. The lowest BCUT2D eigenvalue weighted by Gasteiger charge is -2.25. The molecule has 0 aliphatic rings. The first kappa shape index (κ1) is 18.1. The van der Waals surface area contributed by atoms with Crippen LogP contribution in [0, 0.1) is 0 Å². The number of unbranched alkanes of at least 4 members (excludes halogenated alkanes) is 2. The maximum absolute atomic E-state index is 12.5. The van der Waals surface area contributed by atoms with Gasteiger partial charge in [0.25, 0.3) is 0 Å². The molecule has 0 aliphatic heterocycles. The number of carbonyl (C=O) groups excluding carboxylic acids is 1. The normalized spacial score (nSPS) is 10.6. The molecule has 24 heavy (non-hydrogen) atoms. The minimum absolute atomic E-state index is 0.0550. The summed E-state index contributed by atoms with van der Waals surface area (Å²) in [4.78, 5) is 14.8. The Hall–Kier alpha value is -2.29. The lowest BCUT2D eigenvalue weighted by molar-refractivity contribution is 0.103. The Morgan fingerprint density at radius 2 is 1.58 bits per heavy atom. The van der Waals surface area contributed by atoms with Crippen molar-refractivity contribution in [2.75, 3.05) is 18.0 Å². The lowest BCUT2D eigenvalue weighted by atomic mass is 10.0. The molecule has 0 saturated heterocycles. The van der Waals surface area contributed by atoms with Crippen LogP contribution in [0.15, 0.2) is 48.5 Å². The van der Waals surface area contributed by atoms with Gasteiger partial charge in [0.15, 0.2) is 5.78 Å². The Labute approximate surface area is 144 Å². The van der Waals surface area contributed by atoms with Crippen molar-refractivity contribution in [3.63, 3.8) is 0 Å². The molecule has 0 bridgehead atoms. The number of carbonyl (C=O) groups is 1. The van der Waals surface area contributed by atoms with Crippen molar-refractivity contribution >= 4 is 11.5 Å². The molecule has 0 fully saturated rings. The summed E-state index contributed by atoms with van der Waals surface area (Å²) in [6, 6.07) is 14.5. The fourth-order valence-electron chi connectivity index (χ4n) is 2.72. The van der Waals surface area contributed by atoms with Crippen LogP contribution in [0.2, 0.25) is 0 Å². The fraction of sp³-hybridized carbons (Fsp3) is 0.381. The summed E-state index contributed by atoms with van der Waals surface area (Å²) in [5.41, 5.74) is 1.93. The number of benzene rings is 2. The fourth-order valence-corrected chi connectivity index (χ4v) is 2.72. The summed E-state index contributed by atoms with van der Waals surface area (Å²) in [5.74, 6) is -0.0901. The van der Waals surface area contributed by atoms with Crippen LogP contribution in [0.3, 0.4) is 0 Å². The Kier molecular flexibility index (Phi) is 6.86. The van der Waals surface area contributed by atoms with Gasteiger partial charge in [0.2, 0.25) is 0 Å². The summed E-state index contributed by atoms with van der Waals surface area (Å²) in [6.45, 7) is 6.30. The highest BCUT2D eigenvalue weighted by Gasteiger charge is 2.15. The Morgan fingerprint density at radius 1 is 0.958 bits per heavy atom. The van der Waals surface area contributed by atoms with Gasteiger partial charge >= 0.3 is 0 Å². The van der Waals surface area contributed by atoms with Crippen LogP contribution in [-0.2, 0) is 0 Å². The number of hydrogen-bond acceptors (Lipinski definition) is 3. The molecule has 0 aromatic heterocycles. The molecule has 2 rings (SSSR count). The SMILES string of the molecule is CCCCN(CCCC)c1ccc(C(=O)c2ccccc2)c(O)c1. The quantitative estimate of drug-likeness (QED) is 0.657. The van der Waals surface area contributed by atoms with E-state index < -0.39 is 0 Å². The van der Waals surface area contributed by atoms with Gasteiger partial charge in [-0.2, -0.15) is 0 Å². The van der Waals surface area contributed by atoms with Gasteiger partial charge < -0.3 is 10.0 Å². The summed E-state index contributed by atoms with van der Waals surface area (Å²) in [6.07, 6.45) is 4.52. The number of nitrogens with zero attached hydrogens (tertiary/aromatic N) is 1. The molecule has 0 unspecified atom stereocenters. The number of ketones is 1. The van der Waals surface area contributed by atoms with Crippen LogP contribution in [-0.4, -0.2) is 24.0 Å². The molecule has 1 N–H and O–H groups in total. The molecule has 0 spiro atoms. The molecule has 0 saturated carbocycles. The van der Waals surface area contributed by atoms with Crippen molar-refractivity contribution in [3.05, 3.63) is 59.7 Å². The van der Waals surface area contributed by atoms with Crippen LogP contribution >= 0.6 is 0 Å². The van der Waals surface area contributed by atoms with Crippen molar-refractivity contribution < 1.29 is 9.90 Å². The van der Waals surface area contributed by atoms with Gasteiger partial charge in [-0.3, -0.25) is 4.79 Å². The number of hydrogen-bond donors (Lipinski definition) is 1. The van der Waals surface area contributed by atoms with E-state index in [9.17, 15) is 9.90 Å². The van der Waals surface area contributed by atoms with E-state index in [0.29, 0.717) is 11.1 Å². The average molecular weight is 325 g/mol. The molecule has 0 radical (unpaired) electrons. The number of phenolic OH excluding ortho intramolecular Hbond substituents is 1. The minimum atomic E-state index is -0.145. The minimum Gasteiger partial charge on any atom is -0.507 e. The molecule has 0 heterocycles. The zero-order valence-electron chi connectivity index (χ0n) is 14.7. The van der Waals surface area contributed by atoms with E-state index in [1.54, 1.807) is 24.3 Å². The third-order valence-electron chi connectivity index (χ3n) is 4.19. The second-order valence-corrected chi connectivity index (χ2v) is 6.09. The van der Waals surface area contributed by atoms with Gasteiger partial charge in [-0.25, -0.2) is 0 Å². The Balaban J connectivity index is 2.22. The van der Waals surface area contributed by atoms with Gasteiger partial charge in [-0.05, 0) is 25.0 Å². The van der Waals surface area contributed by atoms with E-state index in [4.69, 9.17) is 0 Å². The molecule has 3 nitrogen and oxygen atoms in total. The van der Waals surface area contributed by atoms with Gasteiger partial charge in [-0.15, -0.1) is 0 Å². The number of aromatic hydroxyl groups is 1. The first-order valence-electron chi connectivity index (χ1n) is 8.85. The van der Waals surface area contributed by atoms with E-state index in [1.807, 2.05) is 24.3 Å². The third-order valence-corrected chi connectivity index (χ3v) is 4.19. The van der Waals surface area contributed by atoms with E-state index in [0.717, 1.165) is 44.5 Å². The average Bonchev–Trinajstić information content (AvgIpc) is 2.62. The highest BCUT2D eigenvalue weighted by atomic mass is 16.3. The molecule has 0 amide bonds. The van der Waals surface area contributed by atoms with Gasteiger partial charge in [0, 0.05) is 30.4 Å². The molecule has 0 aliphatic carbocycles. The predicted octanol–water partition coefficient (Wildman–Crippen LogP) is 5.03. The number of anilines is 1. The summed E-state index contributed by atoms with van der Waals surface area (Å²) >= 11 is 0. The van der Waals surface area contributed by atoms with Crippen LogP contribution in [0.4, 0.5) is 5.69 Å². The van der Waals surface area contributed by atoms with Crippen molar-refractivity contribution in [2.24, 2.45) is 0 Å². The molecular weight excluding hydrogens is 298 g/mol. The van der Waals surface area contributed by atoms with Crippen LogP contribution in [0.5, 0.6) is 5.75 Å². The summed E-state index contributed by atoms with van der Waals surface area (Å²) < 4.78 is 0. The van der Waals surface area contributed by atoms with Gasteiger partial charge in [-0.1, -0.05) is 57.0 Å². The van der Waals surface area contributed by atoms with E-state index in [2.05, 4.69) is 18.7 Å². The smallest absolute Gasteiger partial charge is 0.196 e. The van der Waals surface area contributed by atoms with E-state index in [-0.39, 0.29) is 11.5 Å². The lowest BCUT2D eigenvalue weighted by Crippen LogP contribution is -2.25. The maximum atomic E-state index is 12.5. The second kappa shape index (κ2) is 9.11. The topological polar surface area (TPSA) is 40.5 Å². The van der Waals surface area contributed by atoms with Gasteiger partial charge in [0.1, 0.15) is 5.75 Å². The molecule has 128 valence electrons. The van der Waals surface area contributed by atoms with Crippen molar-refractivity contribution in [1.29, 1.82) is 0 Å². The van der Waals surface area contributed by atoms with Crippen LogP contribution in [0.1, 0.15) is 55.5 Å². The molecule has 2 aromatic rings. The zero-order valence-corrected chi connectivity index (χ0v) is 14.7. The number of phenols is 1. The predicted molar refractivity (Wildman–Crippen MR) is 100 cm³/mol. The first-order chi connectivity index (χ1) is 11.7. The first-order valence-corrected chi connectivity index (χ1v) is 8.85. The monoisotopic (exact) mass is 325 g/mol. The molecule has 2 aromatic carbocycles.